The molecule has 0 aliphatic rings. The molecule has 4 heteroatoms. The van der Waals surface area contributed by atoms with E-state index in [9.17, 15) is 4.79 Å². The van der Waals surface area contributed by atoms with Gasteiger partial charge in [-0.1, -0.05) is 39.7 Å². The van der Waals surface area contributed by atoms with Gasteiger partial charge >= 0.3 is 0 Å². The minimum absolute atomic E-state index is 0.149. The highest BCUT2D eigenvalue weighted by Gasteiger charge is 2.07. The second-order valence-electron chi connectivity index (χ2n) is 4.61. The summed E-state index contributed by atoms with van der Waals surface area (Å²) in [6.07, 6.45) is 0.974. The molecule has 1 amide bonds. The fourth-order valence-corrected chi connectivity index (χ4v) is 2.68. The van der Waals surface area contributed by atoms with Crippen LogP contribution in [0.3, 0.4) is 0 Å². The van der Waals surface area contributed by atoms with E-state index in [1.165, 1.54) is 5.56 Å². The van der Waals surface area contributed by atoms with Gasteiger partial charge in [-0.3, -0.25) is 4.79 Å². The molecule has 0 saturated heterocycles. The van der Waals surface area contributed by atoms with Gasteiger partial charge in [0, 0.05) is 21.6 Å². The Kier molecular flexibility index (Phi) is 5.21. The molecule has 0 spiro atoms. The van der Waals surface area contributed by atoms with Crippen molar-refractivity contribution in [3.8, 4) is 0 Å². The molecule has 104 valence electrons. The Labute approximate surface area is 132 Å². The van der Waals surface area contributed by atoms with Crippen molar-refractivity contribution in [2.24, 2.45) is 0 Å². The second-order valence-corrected chi connectivity index (χ2v) is 5.84. The number of alkyl halides is 1. The summed E-state index contributed by atoms with van der Waals surface area (Å²) < 4.78 is 0. The average molecular weight is 353 g/mol. The lowest BCUT2D eigenvalue weighted by Gasteiger charge is -2.07. The third-order valence-corrected chi connectivity index (χ3v) is 3.51. The molecule has 0 fully saturated rings. The van der Waals surface area contributed by atoms with E-state index in [0.29, 0.717) is 10.6 Å². The molecule has 0 aliphatic heterocycles. The largest absolute Gasteiger partial charge is 0.322 e. The molecule has 0 aromatic heterocycles. The van der Waals surface area contributed by atoms with Gasteiger partial charge in [-0.2, -0.15) is 0 Å². The first-order valence-corrected chi connectivity index (χ1v) is 7.82. The zero-order chi connectivity index (χ0) is 14.5. The molecule has 0 bridgehead atoms. The maximum atomic E-state index is 12.2. The molecule has 2 nitrogen and oxygen atoms in total. The van der Waals surface area contributed by atoms with Crippen LogP contribution in [0.1, 0.15) is 21.5 Å². The molecule has 2 rings (SSSR count). The molecular formula is C16H15BrClNO. The number of hydrogen-bond donors (Lipinski definition) is 1. The zero-order valence-corrected chi connectivity index (χ0v) is 13.5. The Morgan fingerprint density at radius 3 is 2.50 bits per heavy atom. The van der Waals surface area contributed by atoms with Crippen LogP contribution in [-0.2, 0) is 6.42 Å². The number of rotatable bonds is 4. The SMILES string of the molecule is Cc1cc(Cl)cc(C(=O)Nc2ccc(CCBr)cc2)c1. The van der Waals surface area contributed by atoms with Gasteiger partial charge in [-0.05, 0) is 54.8 Å². The van der Waals surface area contributed by atoms with Crippen LogP contribution in [0.25, 0.3) is 0 Å². The second kappa shape index (κ2) is 6.91. The molecule has 0 unspecified atom stereocenters. The lowest BCUT2D eigenvalue weighted by Crippen LogP contribution is -2.12. The number of anilines is 1. The maximum absolute atomic E-state index is 12.2. The normalized spacial score (nSPS) is 10.3. The number of benzene rings is 2. The summed E-state index contributed by atoms with van der Waals surface area (Å²) in [7, 11) is 0. The van der Waals surface area contributed by atoms with E-state index in [-0.39, 0.29) is 5.91 Å². The van der Waals surface area contributed by atoms with Crippen LogP contribution in [0.2, 0.25) is 5.02 Å². The average Bonchev–Trinajstić information content (AvgIpc) is 2.40. The highest BCUT2D eigenvalue weighted by Crippen LogP contribution is 2.17. The molecule has 2 aromatic carbocycles. The zero-order valence-electron chi connectivity index (χ0n) is 11.1. The fourth-order valence-electron chi connectivity index (χ4n) is 1.93. The Bertz CT molecular complexity index is 590. The van der Waals surface area contributed by atoms with E-state index in [1.54, 1.807) is 6.07 Å². The van der Waals surface area contributed by atoms with Crippen molar-refractivity contribution in [3.63, 3.8) is 0 Å². The number of nitrogens with one attached hydrogen (secondary N) is 1. The van der Waals surface area contributed by atoms with E-state index in [2.05, 4.69) is 21.2 Å². The van der Waals surface area contributed by atoms with E-state index in [0.717, 1.165) is 23.0 Å². The number of hydrogen-bond acceptors (Lipinski definition) is 1. The van der Waals surface area contributed by atoms with Gasteiger partial charge < -0.3 is 5.32 Å². The van der Waals surface area contributed by atoms with E-state index in [1.807, 2.05) is 43.3 Å². The Hall–Kier alpha value is -1.32. The monoisotopic (exact) mass is 351 g/mol. The van der Waals surface area contributed by atoms with E-state index in [4.69, 9.17) is 11.6 Å². The number of carbonyl (C=O) groups is 1. The smallest absolute Gasteiger partial charge is 0.255 e. The Morgan fingerprint density at radius 1 is 1.20 bits per heavy atom. The van der Waals surface area contributed by atoms with Crippen molar-refractivity contribution in [1.82, 2.24) is 0 Å². The molecule has 0 aliphatic carbocycles. The van der Waals surface area contributed by atoms with Gasteiger partial charge in [0.25, 0.3) is 5.91 Å². The highest BCUT2D eigenvalue weighted by molar-refractivity contribution is 9.09. The summed E-state index contributed by atoms with van der Waals surface area (Å²) in [6, 6.07) is 13.2. The number of aryl methyl sites for hydroxylation is 2. The number of halogens is 2. The maximum Gasteiger partial charge on any atom is 0.255 e. The summed E-state index contributed by atoms with van der Waals surface area (Å²) >= 11 is 9.38. The summed E-state index contributed by atoms with van der Waals surface area (Å²) in [5, 5.41) is 4.38. The minimum Gasteiger partial charge on any atom is -0.322 e. The van der Waals surface area contributed by atoms with Crippen molar-refractivity contribution in [2.45, 2.75) is 13.3 Å². The van der Waals surface area contributed by atoms with Crippen molar-refractivity contribution in [2.75, 3.05) is 10.6 Å². The van der Waals surface area contributed by atoms with Crippen LogP contribution in [0.4, 0.5) is 5.69 Å². The van der Waals surface area contributed by atoms with Gasteiger partial charge in [0.15, 0.2) is 0 Å². The van der Waals surface area contributed by atoms with Crippen LogP contribution in [-0.4, -0.2) is 11.2 Å². The number of carbonyl (C=O) groups excluding carboxylic acids is 1. The van der Waals surface area contributed by atoms with Crippen molar-refractivity contribution in [3.05, 3.63) is 64.2 Å². The standard InChI is InChI=1S/C16H15BrClNO/c1-11-8-13(10-14(18)9-11)16(20)19-15-4-2-12(3-5-15)6-7-17/h2-5,8-10H,6-7H2,1H3,(H,19,20). The molecule has 1 N–H and O–H groups in total. The highest BCUT2D eigenvalue weighted by atomic mass is 79.9. The molecular weight excluding hydrogens is 338 g/mol. The van der Waals surface area contributed by atoms with Gasteiger partial charge in [-0.15, -0.1) is 0 Å². The van der Waals surface area contributed by atoms with Crippen LogP contribution < -0.4 is 5.32 Å². The third-order valence-electron chi connectivity index (χ3n) is 2.90. The van der Waals surface area contributed by atoms with Crippen molar-refractivity contribution in [1.29, 1.82) is 0 Å². The lowest BCUT2D eigenvalue weighted by molar-refractivity contribution is 0.102. The molecule has 0 heterocycles. The fraction of sp³-hybridized carbons (Fsp3) is 0.188. The first-order chi connectivity index (χ1) is 9.58. The van der Waals surface area contributed by atoms with Crippen molar-refractivity contribution < 1.29 is 4.79 Å². The van der Waals surface area contributed by atoms with Crippen LogP contribution >= 0.6 is 27.5 Å². The van der Waals surface area contributed by atoms with Gasteiger partial charge in [-0.25, -0.2) is 0 Å². The summed E-state index contributed by atoms with van der Waals surface area (Å²) in [4.78, 5) is 12.2. The topological polar surface area (TPSA) is 29.1 Å². The van der Waals surface area contributed by atoms with Crippen LogP contribution in [0, 0.1) is 6.92 Å². The number of amides is 1. The van der Waals surface area contributed by atoms with Gasteiger partial charge in [0.2, 0.25) is 0 Å². The first kappa shape index (κ1) is 15.1. The third kappa shape index (κ3) is 4.09. The van der Waals surface area contributed by atoms with Gasteiger partial charge in [0.05, 0.1) is 0 Å². The van der Waals surface area contributed by atoms with Crippen molar-refractivity contribution >= 4 is 39.1 Å². The summed E-state index contributed by atoms with van der Waals surface area (Å²) in [5.74, 6) is -0.149. The van der Waals surface area contributed by atoms with E-state index < -0.39 is 0 Å². The molecule has 2 aromatic rings. The van der Waals surface area contributed by atoms with Crippen LogP contribution in [0.5, 0.6) is 0 Å². The summed E-state index contributed by atoms with van der Waals surface area (Å²) in [5.41, 5.74) is 3.55. The quantitative estimate of drug-likeness (QED) is 0.784. The predicted octanol–water partition coefficient (Wildman–Crippen LogP) is 4.84. The predicted molar refractivity (Wildman–Crippen MR) is 88.1 cm³/mol. The minimum atomic E-state index is -0.149. The Morgan fingerprint density at radius 2 is 1.90 bits per heavy atom. The molecule has 20 heavy (non-hydrogen) atoms. The first-order valence-electron chi connectivity index (χ1n) is 6.32. The van der Waals surface area contributed by atoms with Crippen LogP contribution in [0.15, 0.2) is 42.5 Å². The molecule has 0 saturated carbocycles. The Balaban J connectivity index is 2.10. The molecule has 0 atom stereocenters. The summed E-state index contributed by atoms with van der Waals surface area (Å²) in [6.45, 7) is 1.91. The molecule has 0 radical (unpaired) electrons. The van der Waals surface area contributed by atoms with Gasteiger partial charge in [0.1, 0.15) is 0 Å². The lowest BCUT2D eigenvalue weighted by atomic mass is 10.1. The van der Waals surface area contributed by atoms with E-state index >= 15 is 0 Å².